The van der Waals surface area contributed by atoms with Gasteiger partial charge in [0.25, 0.3) is 0 Å². The third-order valence-electron chi connectivity index (χ3n) is 0. The van der Waals surface area contributed by atoms with Gasteiger partial charge in [-0.3, -0.25) is 0 Å². The Balaban J connectivity index is 0. The van der Waals surface area contributed by atoms with Crippen molar-refractivity contribution >= 4 is 48.4 Å². The molecule has 0 heterocycles. The second-order valence-corrected chi connectivity index (χ2v) is 0. The Hall–Kier alpha value is 2.60. The van der Waals surface area contributed by atoms with Gasteiger partial charge in [-0.15, -0.1) is 0 Å². The van der Waals surface area contributed by atoms with Crippen molar-refractivity contribution in [1.82, 2.24) is 0 Å². The maximum Gasteiger partial charge on any atom is 0 e. The zero-order valence-electron chi connectivity index (χ0n) is 0.650. The molecule has 0 rings (SSSR count). The molecule has 0 atom stereocenters. The van der Waals surface area contributed by atoms with Crippen molar-refractivity contribution in [3.63, 3.8) is 0 Å². The quantitative estimate of drug-likeness (QED) is 0.376. The van der Waals surface area contributed by atoms with Crippen LogP contribution in [0.2, 0.25) is 0 Å². The van der Waals surface area contributed by atoms with E-state index in [1.54, 1.807) is 0 Å². The van der Waals surface area contributed by atoms with Gasteiger partial charge in [0.2, 0.25) is 0 Å². The molecular formula is H2CoLiNaNi. The van der Waals surface area contributed by atoms with Gasteiger partial charge in [0.1, 0.15) is 0 Å². The predicted octanol–water partition coefficient (Wildman–Crippen LogP) is -1.30. The van der Waals surface area contributed by atoms with Gasteiger partial charge in [-0.25, -0.2) is 0 Å². The molecule has 0 fully saturated rings. The molecule has 0 spiro atoms. The number of hydrogen-bond acceptors (Lipinski definition) is 0. The molecule has 0 aromatic rings. The van der Waals surface area contributed by atoms with E-state index in [0.29, 0.717) is 0 Å². The van der Waals surface area contributed by atoms with Crippen LogP contribution in [-0.2, 0) is 33.3 Å². The smallest absolute Gasteiger partial charge is 0 e. The summed E-state index contributed by atoms with van der Waals surface area (Å²) >= 11 is 0. The molecule has 0 bridgehead atoms. The average Bonchev–Trinajstić information content (AvgIpc) is 0. The fourth-order valence-corrected chi connectivity index (χ4v) is 0. The van der Waals surface area contributed by atoms with E-state index in [9.17, 15) is 0 Å². The van der Waals surface area contributed by atoms with Gasteiger partial charge in [-0.2, -0.15) is 0 Å². The van der Waals surface area contributed by atoms with E-state index in [1.807, 2.05) is 0 Å². The summed E-state index contributed by atoms with van der Waals surface area (Å²) in [6.45, 7) is 0. The van der Waals surface area contributed by atoms with Crippen molar-refractivity contribution in [3.05, 3.63) is 0 Å². The molecular weight excluding hydrogens is 148 g/mol. The van der Waals surface area contributed by atoms with E-state index in [2.05, 4.69) is 0 Å². The minimum Gasteiger partial charge on any atom is 0 e. The summed E-state index contributed by atoms with van der Waals surface area (Å²) in [6.07, 6.45) is 0. The van der Waals surface area contributed by atoms with Crippen LogP contribution in [0.3, 0.4) is 0 Å². The fourth-order valence-electron chi connectivity index (χ4n) is 0. The Morgan fingerprint density at radius 2 is 1.00 bits per heavy atom. The van der Waals surface area contributed by atoms with E-state index in [-0.39, 0.29) is 81.7 Å². The molecule has 4 heavy (non-hydrogen) atoms. The van der Waals surface area contributed by atoms with E-state index in [1.165, 1.54) is 0 Å². The van der Waals surface area contributed by atoms with Crippen molar-refractivity contribution < 1.29 is 33.3 Å². The average molecular weight is 150 g/mol. The standard InChI is InChI=1S/Co.Li.Na.Ni.2H. The number of rotatable bonds is 0. The minimum absolute atomic E-state index is 0. The van der Waals surface area contributed by atoms with E-state index in [0.717, 1.165) is 0 Å². The van der Waals surface area contributed by atoms with E-state index in [4.69, 9.17) is 0 Å². The van der Waals surface area contributed by atoms with Crippen LogP contribution in [-0.4, -0.2) is 48.4 Å². The molecule has 0 aliphatic heterocycles. The second-order valence-electron chi connectivity index (χ2n) is 0. The van der Waals surface area contributed by atoms with Gasteiger partial charge in [0, 0.05) is 33.3 Å². The molecule has 0 unspecified atom stereocenters. The van der Waals surface area contributed by atoms with Crippen LogP contribution in [0.15, 0.2) is 0 Å². The fraction of sp³-hybridized carbons (Fsp3) is 0. The van der Waals surface area contributed by atoms with Crippen LogP contribution < -0.4 is 0 Å². The van der Waals surface area contributed by atoms with Crippen molar-refractivity contribution in [3.8, 4) is 0 Å². The first-order chi connectivity index (χ1) is 0. The molecule has 0 aliphatic rings. The van der Waals surface area contributed by atoms with Gasteiger partial charge >= 0.3 is 48.4 Å². The Morgan fingerprint density at radius 1 is 1.00 bits per heavy atom. The monoisotopic (exact) mass is 149 g/mol. The van der Waals surface area contributed by atoms with Gasteiger partial charge in [-0.1, -0.05) is 0 Å². The molecule has 0 aromatic carbocycles. The topological polar surface area (TPSA) is 0 Å². The van der Waals surface area contributed by atoms with Crippen LogP contribution in [0.25, 0.3) is 0 Å². The van der Waals surface area contributed by atoms with Crippen molar-refractivity contribution in [2.24, 2.45) is 0 Å². The third-order valence-corrected chi connectivity index (χ3v) is 0. The van der Waals surface area contributed by atoms with Gasteiger partial charge in [0.15, 0.2) is 0 Å². The van der Waals surface area contributed by atoms with Crippen LogP contribution in [0.1, 0.15) is 0 Å². The summed E-state index contributed by atoms with van der Waals surface area (Å²) in [4.78, 5) is 0. The maximum absolute atomic E-state index is 0. The molecule has 0 amide bonds. The van der Waals surface area contributed by atoms with Crippen molar-refractivity contribution in [2.75, 3.05) is 0 Å². The summed E-state index contributed by atoms with van der Waals surface area (Å²) in [5, 5.41) is 0. The van der Waals surface area contributed by atoms with Crippen LogP contribution >= 0.6 is 0 Å². The molecule has 1 radical (unpaired) electrons. The maximum atomic E-state index is 0. The normalized spacial score (nSPS) is 0. The summed E-state index contributed by atoms with van der Waals surface area (Å²) in [7, 11) is 0. The third kappa shape index (κ3) is 8.82. The molecule has 0 nitrogen and oxygen atoms in total. The molecule has 0 saturated carbocycles. The molecule has 4 heteroatoms. The van der Waals surface area contributed by atoms with Crippen molar-refractivity contribution in [1.29, 1.82) is 0 Å². The molecule has 0 aliphatic carbocycles. The zero-order valence-corrected chi connectivity index (χ0v) is 2.68. The first-order valence-electron chi connectivity index (χ1n) is 0. The Kier molecular flexibility index (Phi) is 134. The summed E-state index contributed by atoms with van der Waals surface area (Å²) in [5.74, 6) is 0. The summed E-state index contributed by atoms with van der Waals surface area (Å²) < 4.78 is 0. The van der Waals surface area contributed by atoms with E-state index >= 15 is 0 Å². The van der Waals surface area contributed by atoms with E-state index < -0.39 is 0 Å². The Morgan fingerprint density at radius 3 is 1.00 bits per heavy atom. The molecule has 0 saturated heterocycles. The summed E-state index contributed by atoms with van der Waals surface area (Å²) in [6, 6.07) is 0. The van der Waals surface area contributed by atoms with Crippen LogP contribution in [0.4, 0.5) is 0 Å². The SMILES string of the molecule is [Co].[LiH].[NaH].[Ni]. The van der Waals surface area contributed by atoms with Gasteiger partial charge in [-0.05, 0) is 0 Å². The second kappa shape index (κ2) is 17.5. The number of hydrogen-bond donors (Lipinski definition) is 0. The Labute approximate surface area is 80.4 Å². The van der Waals surface area contributed by atoms with Gasteiger partial charge in [0.05, 0.1) is 0 Å². The Bertz CT molecular complexity index is 8.00. The van der Waals surface area contributed by atoms with Crippen molar-refractivity contribution in [2.45, 2.75) is 0 Å². The predicted molar refractivity (Wildman–Crippen MR) is 14.3 cm³/mol. The van der Waals surface area contributed by atoms with Crippen LogP contribution in [0, 0.1) is 0 Å². The first-order valence-corrected chi connectivity index (χ1v) is 0. The summed E-state index contributed by atoms with van der Waals surface area (Å²) in [5.41, 5.74) is 0. The molecule has 0 N–H and O–H groups in total. The molecule has 0 aromatic heterocycles. The van der Waals surface area contributed by atoms with Gasteiger partial charge < -0.3 is 0 Å². The first kappa shape index (κ1) is 30.6. The zero-order chi connectivity index (χ0) is 0. The minimum atomic E-state index is 0. The molecule has 23 valence electrons. The largest absolute Gasteiger partial charge is 0 e. The van der Waals surface area contributed by atoms with Crippen LogP contribution in [0.5, 0.6) is 0 Å².